The Morgan fingerprint density at radius 1 is 1.36 bits per heavy atom. The fraction of sp³-hybridized carbons (Fsp3) is 0.417. The Bertz CT molecular complexity index is 353. The molecule has 0 amide bonds. The summed E-state index contributed by atoms with van der Waals surface area (Å²) in [4.78, 5) is 0. The van der Waals surface area contributed by atoms with Gasteiger partial charge in [-0.05, 0) is 31.7 Å². The highest BCUT2D eigenvalue weighted by molar-refractivity contribution is 5.87. The van der Waals surface area contributed by atoms with Crippen molar-refractivity contribution in [3.8, 4) is 0 Å². The number of rotatable bonds is 2. The molecule has 1 N–H and O–H groups in total. The maximum atomic E-state index is 8.64. The Labute approximate surface area is 84.3 Å². The Hall–Kier alpha value is -1.31. The summed E-state index contributed by atoms with van der Waals surface area (Å²) >= 11 is 0. The molecule has 1 fully saturated rings. The van der Waals surface area contributed by atoms with E-state index in [1.54, 1.807) is 0 Å². The van der Waals surface area contributed by atoms with Gasteiger partial charge >= 0.3 is 0 Å². The van der Waals surface area contributed by atoms with Crippen LogP contribution in [0.25, 0.3) is 0 Å². The van der Waals surface area contributed by atoms with Gasteiger partial charge in [0.05, 0.1) is 5.71 Å². The summed E-state index contributed by atoms with van der Waals surface area (Å²) in [6.07, 6.45) is 1.12. The zero-order chi connectivity index (χ0) is 10.1. The molecule has 1 aromatic rings. The van der Waals surface area contributed by atoms with Crippen LogP contribution in [0.4, 0.5) is 0 Å². The van der Waals surface area contributed by atoms with E-state index in [1.165, 1.54) is 11.1 Å². The first-order chi connectivity index (χ1) is 6.72. The molecule has 2 rings (SSSR count). The van der Waals surface area contributed by atoms with Crippen molar-refractivity contribution >= 4 is 5.71 Å². The van der Waals surface area contributed by atoms with Gasteiger partial charge in [-0.25, -0.2) is 0 Å². The van der Waals surface area contributed by atoms with Crippen LogP contribution in [-0.4, -0.2) is 10.9 Å². The topological polar surface area (TPSA) is 32.6 Å². The van der Waals surface area contributed by atoms with Crippen molar-refractivity contribution in [1.82, 2.24) is 0 Å². The van der Waals surface area contributed by atoms with E-state index in [0.29, 0.717) is 11.8 Å². The summed E-state index contributed by atoms with van der Waals surface area (Å²) in [5, 5.41) is 11.9. The summed E-state index contributed by atoms with van der Waals surface area (Å²) < 4.78 is 0. The molecule has 0 bridgehead atoms. The summed E-state index contributed by atoms with van der Waals surface area (Å²) in [7, 11) is 0. The molecule has 0 heterocycles. The minimum atomic E-state index is 0.461. The average Bonchev–Trinajstić information content (AvgIpc) is 2.98. The van der Waals surface area contributed by atoms with E-state index in [0.717, 1.165) is 12.1 Å². The van der Waals surface area contributed by atoms with E-state index in [4.69, 9.17) is 5.21 Å². The first-order valence-electron chi connectivity index (χ1n) is 4.97. The van der Waals surface area contributed by atoms with Gasteiger partial charge in [0, 0.05) is 5.92 Å². The summed E-state index contributed by atoms with van der Waals surface area (Å²) in [5.41, 5.74) is 3.51. The van der Waals surface area contributed by atoms with Crippen LogP contribution in [0.1, 0.15) is 30.4 Å². The molecule has 74 valence electrons. The minimum Gasteiger partial charge on any atom is -0.411 e. The molecule has 2 nitrogen and oxygen atoms in total. The van der Waals surface area contributed by atoms with Crippen LogP contribution >= 0.6 is 0 Å². The van der Waals surface area contributed by atoms with Crippen LogP contribution in [0.15, 0.2) is 29.4 Å². The first kappa shape index (κ1) is 9.25. The third-order valence-electron chi connectivity index (χ3n) is 2.99. The number of oxime groups is 1. The molecule has 1 saturated carbocycles. The third kappa shape index (κ3) is 1.65. The van der Waals surface area contributed by atoms with Crippen molar-refractivity contribution in [2.24, 2.45) is 11.1 Å². The average molecular weight is 189 g/mol. The van der Waals surface area contributed by atoms with E-state index >= 15 is 0 Å². The number of nitrogens with zero attached hydrogens (tertiary/aromatic N) is 1. The normalized spacial score (nSPS) is 26.3. The fourth-order valence-electron chi connectivity index (χ4n) is 1.91. The van der Waals surface area contributed by atoms with E-state index in [1.807, 2.05) is 6.92 Å². The van der Waals surface area contributed by atoms with Crippen molar-refractivity contribution in [3.05, 3.63) is 35.4 Å². The maximum Gasteiger partial charge on any atom is 0.0577 e. The van der Waals surface area contributed by atoms with Gasteiger partial charge < -0.3 is 5.21 Å². The lowest BCUT2D eigenvalue weighted by atomic mass is 10.1. The molecule has 1 aliphatic rings. The van der Waals surface area contributed by atoms with E-state index in [2.05, 4.69) is 36.3 Å². The molecular weight excluding hydrogens is 174 g/mol. The lowest BCUT2D eigenvalue weighted by molar-refractivity contribution is 0.316. The molecule has 1 aliphatic carbocycles. The molecule has 0 saturated heterocycles. The second-order valence-electron chi connectivity index (χ2n) is 4.10. The van der Waals surface area contributed by atoms with Gasteiger partial charge in [-0.1, -0.05) is 35.0 Å². The monoisotopic (exact) mass is 189 g/mol. The predicted molar refractivity (Wildman–Crippen MR) is 56.9 cm³/mol. The molecule has 0 spiro atoms. The number of hydrogen-bond acceptors (Lipinski definition) is 2. The molecule has 1 aromatic carbocycles. The largest absolute Gasteiger partial charge is 0.411 e. The molecule has 0 aromatic heterocycles. The van der Waals surface area contributed by atoms with Gasteiger partial charge in [0.2, 0.25) is 0 Å². The summed E-state index contributed by atoms with van der Waals surface area (Å²) in [6.45, 7) is 3.98. The van der Waals surface area contributed by atoms with Gasteiger partial charge in [-0.3, -0.25) is 0 Å². The quantitative estimate of drug-likeness (QED) is 0.433. The SMILES string of the molecule is C/C(=N\O)[C@@H]1C[C@@H]1c1ccc(C)cc1. The van der Waals surface area contributed by atoms with E-state index < -0.39 is 0 Å². The lowest BCUT2D eigenvalue weighted by Crippen LogP contribution is -1.96. The second kappa shape index (κ2) is 3.45. The highest BCUT2D eigenvalue weighted by atomic mass is 16.4. The van der Waals surface area contributed by atoms with Gasteiger partial charge in [0.25, 0.3) is 0 Å². The van der Waals surface area contributed by atoms with Crippen molar-refractivity contribution in [1.29, 1.82) is 0 Å². The van der Waals surface area contributed by atoms with Gasteiger partial charge in [0.1, 0.15) is 0 Å². The van der Waals surface area contributed by atoms with Gasteiger partial charge in [-0.2, -0.15) is 0 Å². The molecule has 2 atom stereocenters. The number of hydrogen-bond donors (Lipinski definition) is 1. The zero-order valence-corrected chi connectivity index (χ0v) is 8.57. The second-order valence-corrected chi connectivity index (χ2v) is 4.10. The van der Waals surface area contributed by atoms with Crippen molar-refractivity contribution in [2.75, 3.05) is 0 Å². The summed E-state index contributed by atoms with van der Waals surface area (Å²) in [6, 6.07) is 8.61. The smallest absolute Gasteiger partial charge is 0.0577 e. The van der Waals surface area contributed by atoms with Crippen LogP contribution < -0.4 is 0 Å². The van der Waals surface area contributed by atoms with Gasteiger partial charge in [-0.15, -0.1) is 0 Å². The third-order valence-corrected chi connectivity index (χ3v) is 2.99. The summed E-state index contributed by atoms with van der Waals surface area (Å²) in [5.74, 6) is 1.04. The van der Waals surface area contributed by atoms with Crippen LogP contribution in [0, 0.1) is 12.8 Å². The molecule has 0 unspecified atom stereocenters. The Morgan fingerprint density at radius 2 is 2.00 bits per heavy atom. The number of benzene rings is 1. The molecule has 0 radical (unpaired) electrons. The molecular formula is C12H15NO. The molecule has 0 aliphatic heterocycles. The maximum absolute atomic E-state index is 8.64. The van der Waals surface area contributed by atoms with Crippen LogP contribution in [0.2, 0.25) is 0 Å². The molecule has 14 heavy (non-hydrogen) atoms. The van der Waals surface area contributed by atoms with Crippen molar-refractivity contribution in [2.45, 2.75) is 26.2 Å². The van der Waals surface area contributed by atoms with E-state index in [9.17, 15) is 0 Å². The highest BCUT2D eigenvalue weighted by Crippen LogP contribution is 2.48. The zero-order valence-electron chi connectivity index (χ0n) is 8.57. The first-order valence-corrected chi connectivity index (χ1v) is 4.97. The van der Waals surface area contributed by atoms with Gasteiger partial charge in [0.15, 0.2) is 0 Å². The van der Waals surface area contributed by atoms with Crippen LogP contribution in [0.5, 0.6) is 0 Å². The standard InChI is InChI=1S/C12H15NO/c1-8-3-5-10(6-4-8)12-7-11(12)9(2)13-14/h3-6,11-12,14H,7H2,1-2H3/b13-9+/t11-,12+/m0/s1. The van der Waals surface area contributed by atoms with Crippen molar-refractivity contribution in [3.63, 3.8) is 0 Å². The van der Waals surface area contributed by atoms with Crippen LogP contribution in [-0.2, 0) is 0 Å². The van der Waals surface area contributed by atoms with Crippen LogP contribution in [0.3, 0.4) is 0 Å². The Morgan fingerprint density at radius 3 is 2.57 bits per heavy atom. The molecule has 2 heteroatoms. The minimum absolute atomic E-state index is 0.461. The number of aryl methyl sites for hydroxylation is 1. The predicted octanol–water partition coefficient (Wildman–Crippen LogP) is 2.95. The van der Waals surface area contributed by atoms with E-state index in [-0.39, 0.29) is 0 Å². The Kier molecular flexibility index (Phi) is 2.28. The Balaban J connectivity index is 2.10. The lowest BCUT2D eigenvalue weighted by Gasteiger charge is -2.00. The van der Waals surface area contributed by atoms with Crippen molar-refractivity contribution < 1.29 is 5.21 Å². The highest BCUT2D eigenvalue weighted by Gasteiger charge is 2.40. The fourth-order valence-corrected chi connectivity index (χ4v) is 1.91.